The summed E-state index contributed by atoms with van der Waals surface area (Å²) in [6, 6.07) is 4.16. The fourth-order valence-corrected chi connectivity index (χ4v) is 4.38. The van der Waals surface area contributed by atoms with Crippen molar-refractivity contribution in [3.05, 3.63) is 35.8 Å². The molecule has 2 aromatic rings. The number of piperidine rings is 2. The van der Waals surface area contributed by atoms with Crippen LogP contribution in [0.15, 0.2) is 24.5 Å². The van der Waals surface area contributed by atoms with Crippen molar-refractivity contribution in [1.82, 2.24) is 19.2 Å². The molecule has 4 rings (SSSR count). The van der Waals surface area contributed by atoms with Crippen molar-refractivity contribution in [2.75, 3.05) is 26.2 Å². The number of carbonyl (C=O) groups is 2. The second kappa shape index (κ2) is 6.72. The third-order valence-corrected chi connectivity index (χ3v) is 5.70. The minimum Gasteiger partial charge on any atom is -0.338 e. The molecule has 2 aliphatic rings. The lowest BCUT2D eigenvalue weighted by atomic mass is 9.83. The van der Waals surface area contributed by atoms with Gasteiger partial charge in [0, 0.05) is 51.0 Å². The van der Waals surface area contributed by atoms with Crippen LogP contribution in [0.2, 0.25) is 0 Å². The lowest BCUT2D eigenvalue weighted by Crippen LogP contribution is -2.57. The number of pyridine rings is 1. The molecule has 7 heteroatoms. The number of hydrogen-bond acceptors (Lipinski definition) is 4. The van der Waals surface area contributed by atoms with E-state index < -0.39 is 0 Å². The van der Waals surface area contributed by atoms with Crippen molar-refractivity contribution in [1.29, 1.82) is 0 Å². The molecule has 2 saturated heterocycles. The molecule has 0 radical (unpaired) electrons. The summed E-state index contributed by atoms with van der Waals surface area (Å²) < 4.78 is 1.90. The summed E-state index contributed by atoms with van der Waals surface area (Å²) in [5, 5.41) is 0. The highest BCUT2D eigenvalue weighted by Gasteiger charge is 2.40. The van der Waals surface area contributed by atoms with E-state index in [4.69, 9.17) is 5.73 Å². The van der Waals surface area contributed by atoms with Gasteiger partial charge in [0.1, 0.15) is 11.3 Å². The minimum atomic E-state index is -0.0196. The number of hydrogen-bond donors (Lipinski definition) is 1. The molecule has 2 amide bonds. The first-order chi connectivity index (χ1) is 12.6. The van der Waals surface area contributed by atoms with Crippen LogP contribution in [0.3, 0.4) is 0 Å². The van der Waals surface area contributed by atoms with Gasteiger partial charge in [0.15, 0.2) is 0 Å². The first-order valence-electron chi connectivity index (χ1n) is 9.31. The van der Waals surface area contributed by atoms with Gasteiger partial charge in [-0.15, -0.1) is 0 Å². The molecular formula is C19H25N5O2. The van der Waals surface area contributed by atoms with Gasteiger partial charge in [-0.3, -0.25) is 9.59 Å². The molecule has 4 heterocycles. The Bertz CT molecular complexity index is 846. The van der Waals surface area contributed by atoms with Gasteiger partial charge in [-0.2, -0.15) is 0 Å². The molecule has 26 heavy (non-hydrogen) atoms. The second-order valence-electron chi connectivity index (χ2n) is 7.33. The zero-order valence-electron chi connectivity index (χ0n) is 15.1. The van der Waals surface area contributed by atoms with Crippen LogP contribution in [-0.2, 0) is 4.79 Å². The summed E-state index contributed by atoms with van der Waals surface area (Å²) in [5.41, 5.74) is 8.04. The highest BCUT2D eigenvalue weighted by molar-refractivity contribution is 5.93. The number of fused-ring (bicyclic) bond motifs is 2. The molecule has 2 atom stereocenters. The average Bonchev–Trinajstić information content (AvgIpc) is 3.09. The normalized spacial score (nSPS) is 23.4. The molecule has 0 bridgehead atoms. The van der Waals surface area contributed by atoms with Gasteiger partial charge >= 0.3 is 0 Å². The summed E-state index contributed by atoms with van der Waals surface area (Å²) in [7, 11) is 0. The first kappa shape index (κ1) is 17.0. The van der Waals surface area contributed by atoms with E-state index in [9.17, 15) is 9.59 Å². The van der Waals surface area contributed by atoms with Gasteiger partial charge in [-0.1, -0.05) is 6.07 Å². The Hall–Kier alpha value is -2.41. The van der Waals surface area contributed by atoms with E-state index in [1.54, 1.807) is 0 Å². The summed E-state index contributed by atoms with van der Waals surface area (Å²) >= 11 is 0. The number of likely N-dealkylation sites (tertiary alicyclic amines) is 2. The third kappa shape index (κ3) is 2.86. The average molecular weight is 355 g/mol. The molecular weight excluding hydrogens is 330 g/mol. The first-order valence-corrected chi connectivity index (χ1v) is 9.31. The van der Waals surface area contributed by atoms with Crippen molar-refractivity contribution in [3.63, 3.8) is 0 Å². The highest BCUT2D eigenvalue weighted by atomic mass is 16.2. The van der Waals surface area contributed by atoms with E-state index in [2.05, 4.69) is 4.98 Å². The van der Waals surface area contributed by atoms with Crippen LogP contribution in [0.4, 0.5) is 0 Å². The predicted molar refractivity (Wildman–Crippen MR) is 97.7 cm³/mol. The van der Waals surface area contributed by atoms with Gasteiger partial charge in [0.25, 0.3) is 5.91 Å². The molecule has 2 N–H and O–H groups in total. The molecule has 0 aromatic carbocycles. The number of nitrogens with two attached hydrogens (primary N) is 1. The molecule has 0 aliphatic carbocycles. The Morgan fingerprint density at radius 1 is 1.38 bits per heavy atom. The number of aryl methyl sites for hydroxylation is 1. The van der Waals surface area contributed by atoms with Crippen LogP contribution in [0.25, 0.3) is 5.65 Å². The van der Waals surface area contributed by atoms with Crippen molar-refractivity contribution in [2.24, 2.45) is 11.7 Å². The molecule has 0 saturated carbocycles. The number of carbonyl (C=O) groups excluding carboxylic acids is 2. The van der Waals surface area contributed by atoms with Gasteiger partial charge in [-0.05, 0) is 37.3 Å². The highest BCUT2D eigenvalue weighted by Crippen LogP contribution is 2.31. The maximum absolute atomic E-state index is 13.0. The van der Waals surface area contributed by atoms with Crippen molar-refractivity contribution < 1.29 is 9.59 Å². The van der Waals surface area contributed by atoms with Crippen LogP contribution in [-0.4, -0.2) is 63.2 Å². The van der Waals surface area contributed by atoms with Crippen LogP contribution in [0.5, 0.6) is 0 Å². The third-order valence-electron chi connectivity index (χ3n) is 5.70. The van der Waals surface area contributed by atoms with E-state index in [0.29, 0.717) is 44.2 Å². The molecule has 2 fully saturated rings. The molecule has 0 spiro atoms. The van der Waals surface area contributed by atoms with E-state index in [1.807, 2.05) is 45.7 Å². The lowest BCUT2D eigenvalue weighted by Gasteiger charge is -2.46. The Labute approximate surface area is 152 Å². The number of aromatic nitrogens is 2. The van der Waals surface area contributed by atoms with Gasteiger partial charge in [-0.25, -0.2) is 4.98 Å². The number of amides is 2. The van der Waals surface area contributed by atoms with E-state index in [-0.39, 0.29) is 17.9 Å². The molecule has 2 aliphatic heterocycles. The Morgan fingerprint density at radius 2 is 2.23 bits per heavy atom. The van der Waals surface area contributed by atoms with Crippen LogP contribution in [0, 0.1) is 12.8 Å². The molecule has 2 aromatic heterocycles. The monoisotopic (exact) mass is 355 g/mol. The Balaban J connectivity index is 1.52. The Kier molecular flexibility index (Phi) is 4.40. The molecule has 7 nitrogen and oxygen atoms in total. The Morgan fingerprint density at radius 3 is 3.00 bits per heavy atom. The zero-order chi connectivity index (χ0) is 18.3. The maximum atomic E-state index is 13.0. The van der Waals surface area contributed by atoms with Gasteiger partial charge in [0.05, 0.1) is 0 Å². The van der Waals surface area contributed by atoms with Crippen molar-refractivity contribution >= 4 is 17.5 Å². The smallest absolute Gasteiger partial charge is 0.274 e. The second-order valence-corrected chi connectivity index (χ2v) is 7.33. The SMILES string of the molecule is Cc1cccn2cc(C(=O)N3CC[C@@H]4[C@@H](CCC(=O)N4CCN)C3)nc12. The van der Waals surface area contributed by atoms with Crippen LogP contribution < -0.4 is 5.73 Å². The quantitative estimate of drug-likeness (QED) is 0.892. The molecule has 138 valence electrons. The van der Waals surface area contributed by atoms with E-state index >= 15 is 0 Å². The fraction of sp³-hybridized carbons (Fsp3) is 0.526. The summed E-state index contributed by atoms with van der Waals surface area (Å²) in [6.45, 7) is 4.43. The molecule has 0 unspecified atom stereocenters. The predicted octanol–water partition coefficient (Wildman–Crippen LogP) is 1.05. The van der Waals surface area contributed by atoms with E-state index in [0.717, 1.165) is 24.1 Å². The maximum Gasteiger partial charge on any atom is 0.274 e. The van der Waals surface area contributed by atoms with Crippen molar-refractivity contribution in [2.45, 2.75) is 32.2 Å². The zero-order valence-corrected chi connectivity index (χ0v) is 15.1. The van der Waals surface area contributed by atoms with Crippen LogP contribution >= 0.6 is 0 Å². The van der Waals surface area contributed by atoms with Crippen molar-refractivity contribution in [3.8, 4) is 0 Å². The van der Waals surface area contributed by atoms with Crippen LogP contribution in [0.1, 0.15) is 35.3 Å². The number of rotatable bonds is 3. The van der Waals surface area contributed by atoms with Gasteiger partial charge in [0.2, 0.25) is 5.91 Å². The van der Waals surface area contributed by atoms with E-state index in [1.165, 1.54) is 0 Å². The standard InChI is InChI=1S/C19H25N5O2/c1-13-3-2-8-22-12-15(21-18(13)22)19(26)23-9-6-16-14(11-23)4-5-17(25)24(16)10-7-20/h2-3,8,12,14,16H,4-7,9-11,20H2,1H3/t14-,16+/m0/s1. The topological polar surface area (TPSA) is 83.9 Å². The lowest BCUT2D eigenvalue weighted by molar-refractivity contribution is -0.140. The van der Waals surface area contributed by atoms with Gasteiger partial charge < -0.3 is 19.9 Å². The largest absolute Gasteiger partial charge is 0.338 e. The number of imidazole rings is 1. The number of nitrogens with zero attached hydrogens (tertiary/aromatic N) is 4. The summed E-state index contributed by atoms with van der Waals surface area (Å²) in [6.07, 6.45) is 5.93. The summed E-state index contributed by atoms with van der Waals surface area (Å²) in [4.78, 5) is 33.5. The summed E-state index contributed by atoms with van der Waals surface area (Å²) in [5.74, 6) is 0.511. The fourth-order valence-electron chi connectivity index (χ4n) is 4.38. The minimum absolute atomic E-state index is 0.0196.